The normalized spacial score (nSPS) is 10.2. The highest BCUT2D eigenvalue weighted by atomic mass is 32.1. The van der Waals surface area contributed by atoms with Gasteiger partial charge in [-0.05, 0) is 30.7 Å². The van der Waals surface area contributed by atoms with Crippen molar-refractivity contribution in [3.8, 4) is 5.75 Å². The fraction of sp³-hybridized carbons (Fsp3) is 0.214. The number of nitrogen functional groups attached to an aromatic ring is 1. The van der Waals surface area contributed by atoms with Gasteiger partial charge in [-0.15, -0.1) is 11.3 Å². The molecule has 0 aliphatic rings. The minimum absolute atomic E-state index is 0.215. The summed E-state index contributed by atoms with van der Waals surface area (Å²) in [5.74, 6) is 0.386. The zero-order chi connectivity index (χ0) is 13.8. The zero-order valence-corrected chi connectivity index (χ0v) is 11.6. The van der Waals surface area contributed by atoms with Gasteiger partial charge in [0.25, 0.3) is 0 Å². The molecule has 0 saturated carbocycles. The maximum atomic E-state index is 11.8. The lowest BCUT2D eigenvalue weighted by Gasteiger charge is -2.05. The van der Waals surface area contributed by atoms with E-state index in [0.29, 0.717) is 10.6 Å². The Morgan fingerprint density at radius 2 is 2.16 bits per heavy atom. The van der Waals surface area contributed by atoms with Gasteiger partial charge >= 0.3 is 5.97 Å². The number of hydrogen-bond donors (Lipinski definition) is 1. The Kier molecular flexibility index (Phi) is 4.06. The van der Waals surface area contributed by atoms with E-state index in [9.17, 15) is 4.79 Å². The van der Waals surface area contributed by atoms with Crippen molar-refractivity contribution in [2.45, 2.75) is 13.5 Å². The van der Waals surface area contributed by atoms with Gasteiger partial charge in [0.05, 0.1) is 7.11 Å². The Labute approximate surface area is 115 Å². The number of benzene rings is 1. The fourth-order valence-electron chi connectivity index (χ4n) is 1.58. The van der Waals surface area contributed by atoms with Gasteiger partial charge < -0.3 is 15.2 Å². The van der Waals surface area contributed by atoms with Crippen molar-refractivity contribution < 1.29 is 14.3 Å². The van der Waals surface area contributed by atoms with E-state index >= 15 is 0 Å². The molecular formula is C14H15NO3S. The predicted molar refractivity (Wildman–Crippen MR) is 75.6 cm³/mol. The summed E-state index contributed by atoms with van der Waals surface area (Å²) in [6.07, 6.45) is 0. The number of esters is 1. The molecule has 1 aromatic carbocycles. The van der Waals surface area contributed by atoms with Crippen LogP contribution >= 0.6 is 11.3 Å². The molecule has 4 nitrogen and oxygen atoms in total. The summed E-state index contributed by atoms with van der Waals surface area (Å²) in [7, 11) is 1.60. The summed E-state index contributed by atoms with van der Waals surface area (Å²) in [6.45, 7) is 2.09. The summed E-state index contributed by atoms with van der Waals surface area (Å²) >= 11 is 1.34. The number of carbonyl (C=O) groups is 1. The lowest BCUT2D eigenvalue weighted by Crippen LogP contribution is -2.03. The third-order valence-electron chi connectivity index (χ3n) is 2.66. The van der Waals surface area contributed by atoms with Crippen LogP contribution in [0.1, 0.15) is 20.1 Å². The molecule has 2 N–H and O–H groups in total. The Balaban J connectivity index is 2.00. The van der Waals surface area contributed by atoms with Crippen LogP contribution < -0.4 is 10.5 Å². The van der Waals surface area contributed by atoms with E-state index in [2.05, 4.69) is 0 Å². The van der Waals surface area contributed by atoms with Crippen LogP contribution in [0.5, 0.6) is 5.75 Å². The van der Waals surface area contributed by atoms with Gasteiger partial charge in [0.1, 0.15) is 17.2 Å². The molecular weight excluding hydrogens is 262 g/mol. The monoisotopic (exact) mass is 277 g/mol. The fourth-order valence-corrected chi connectivity index (χ4v) is 2.41. The third-order valence-corrected chi connectivity index (χ3v) is 3.71. The van der Waals surface area contributed by atoms with Crippen molar-refractivity contribution in [3.63, 3.8) is 0 Å². The summed E-state index contributed by atoms with van der Waals surface area (Å²) in [6, 6.07) is 9.06. The molecule has 0 bridgehead atoms. The van der Waals surface area contributed by atoms with E-state index in [-0.39, 0.29) is 12.6 Å². The first-order valence-corrected chi connectivity index (χ1v) is 6.57. The largest absolute Gasteiger partial charge is 0.497 e. The lowest BCUT2D eigenvalue weighted by molar-refractivity contribution is 0.0478. The van der Waals surface area contributed by atoms with Crippen LogP contribution in [-0.2, 0) is 11.3 Å². The van der Waals surface area contributed by atoms with Crippen LogP contribution in [0.4, 0.5) is 5.69 Å². The SMILES string of the molecule is COc1cccc(COC(=O)c2cc(N)c(C)s2)c1. The number of nitrogens with two attached hydrogens (primary N) is 1. The second kappa shape index (κ2) is 5.75. The van der Waals surface area contributed by atoms with Crippen molar-refractivity contribution in [2.75, 3.05) is 12.8 Å². The first-order valence-electron chi connectivity index (χ1n) is 5.76. The van der Waals surface area contributed by atoms with Crippen molar-refractivity contribution >= 4 is 23.0 Å². The maximum Gasteiger partial charge on any atom is 0.348 e. The standard InChI is InChI=1S/C14H15NO3S/c1-9-12(15)7-13(19-9)14(16)18-8-10-4-3-5-11(6-10)17-2/h3-7H,8,15H2,1-2H3. The summed E-state index contributed by atoms with van der Waals surface area (Å²) in [5.41, 5.74) is 7.22. The van der Waals surface area contributed by atoms with Crippen LogP contribution in [-0.4, -0.2) is 13.1 Å². The number of hydrogen-bond acceptors (Lipinski definition) is 5. The topological polar surface area (TPSA) is 61.5 Å². The molecule has 100 valence electrons. The number of ether oxygens (including phenoxy) is 2. The molecule has 1 aromatic heterocycles. The van der Waals surface area contributed by atoms with Crippen LogP contribution in [0.25, 0.3) is 0 Å². The smallest absolute Gasteiger partial charge is 0.348 e. The van der Waals surface area contributed by atoms with Crippen LogP contribution in [0, 0.1) is 6.92 Å². The van der Waals surface area contributed by atoms with Crippen molar-refractivity contribution in [2.24, 2.45) is 0 Å². The average Bonchev–Trinajstić information content (AvgIpc) is 2.76. The first-order chi connectivity index (χ1) is 9.10. The van der Waals surface area contributed by atoms with Gasteiger partial charge in [-0.2, -0.15) is 0 Å². The molecule has 2 aromatic rings. The lowest BCUT2D eigenvalue weighted by atomic mass is 10.2. The Morgan fingerprint density at radius 3 is 2.79 bits per heavy atom. The summed E-state index contributed by atoms with van der Waals surface area (Å²) < 4.78 is 10.4. The molecule has 0 aliphatic carbocycles. The molecule has 0 fully saturated rings. The zero-order valence-electron chi connectivity index (χ0n) is 10.8. The van der Waals surface area contributed by atoms with Gasteiger partial charge in [0.2, 0.25) is 0 Å². The number of aryl methyl sites for hydroxylation is 1. The van der Waals surface area contributed by atoms with Crippen LogP contribution in [0.15, 0.2) is 30.3 Å². The number of thiophene rings is 1. The van der Waals surface area contributed by atoms with Gasteiger partial charge in [-0.1, -0.05) is 12.1 Å². The van der Waals surface area contributed by atoms with Gasteiger partial charge in [-0.3, -0.25) is 0 Å². The van der Waals surface area contributed by atoms with Crippen molar-refractivity contribution in [3.05, 3.63) is 45.6 Å². The van der Waals surface area contributed by atoms with E-state index in [1.54, 1.807) is 13.2 Å². The van der Waals surface area contributed by atoms with Crippen LogP contribution in [0.3, 0.4) is 0 Å². The number of carbonyl (C=O) groups excluding carboxylic acids is 1. The molecule has 19 heavy (non-hydrogen) atoms. The molecule has 0 radical (unpaired) electrons. The number of rotatable bonds is 4. The molecule has 1 heterocycles. The Bertz CT molecular complexity index is 573. The van der Waals surface area contributed by atoms with E-state index in [1.165, 1.54) is 11.3 Å². The van der Waals surface area contributed by atoms with E-state index in [0.717, 1.165) is 16.2 Å². The number of methoxy groups -OCH3 is 1. The molecule has 2 rings (SSSR count). The Hall–Kier alpha value is -2.01. The maximum absolute atomic E-state index is 11.8. The van der Waals surface area contributed by atoms with Crippen LogP contribution in [0.2, 0.25) is 0 Å². The van der Waals surface area contributed by atoms with E-state index in [4.69, 9.17) is 15.2 Å². The minimum atomic E-state index is -0.354. The minimum Gasteiger partial charge on any atom is -0.497 e. The molecule has 0 spiro atoms. The highest BCUT2D eigenvalue weighted by molar-refractivity contribution is 7.14. The Morgan fingerprint density at radius 1 is 1.37 bits per heavy atom. The summed E-state index contributed by atoms with van der Waals surface area (Å²) in [5, 5.41) is 0. The molecule has 0 unspecified atom stereocenters. The summed E-state index contributed by atoms with van der Waals surface area (Å²) in [4.78, 5) is 13.3. The second-order valence-electron chi connectivity index (χ2n) is 4.05. The quantitative estimate of drug-likeness (QED) is 0.873. The van der Waals surface area contributed by atoms with E-state index in [1.807, 2.05) is 31.2 Å². The second-order valence-corrected chi connectivity index (χ2v) is 5.31. The van der Waals surface area contributed by atoms with Crippen molar-refractivity contribution in [1.82, 2.24) is 0 Å². The molecule has 0 amide bonds. The van der Waals surface area contributed by atoms with Gasteiger partial charge in [0, 0.05) is 10.6 Å². The first kappa shape index (κ1) is 13.4. The average molecular weight is 277 g/mol. The van der Waals surface area contributed by atoms with Gasteiger partial charge in [-0.25, -0.2) is 4.79 Å². The third kappa shape index (κ3) is 3.26. The molecule has 5 heteroatoms. The highest BCUT2D eigenvalue weighted by Gasteiger charge is 2.12. The number of anilines is 1. The molecule has 0 saturated heterocycles. The van der Waals surface area contributed by atoms with E-state index < -0.39 is 0 Å². The van der Waals surface area contributed by atoms with Crippen molar-refractivity contribution in [1.29, 1.82) is 0 Å². The van der Waals surface area contributed by atoms with Gasteiger partial charge in [0.15, 0.2) is 0 Å². The highest BCUT2D eigenvalue weighted by Crippen LogP contribution is 2.24. The molecule has 0 atom stereocenters. The predicted octanol–water partition coefficient (Wildman–Crippen LogP) is 3.00. The molecule has 0 aliphatic heterocycles.